The Morgan fingerprint density at radius 1 is 1.26 bits per heavy atom. The van der Waals surface area contributed by atoms with Crippen molar-refractivity contribution in [3.8, 4) is 5.75 Å². The molecule has 1 saturated heterocycles. The maximum Gasteiger partial charge on any atom is 0.115 e. The number of halogens is 1. The molecule has 0 radical (unpaired) electrons. The van der Waals surface area contributed by atoms with Crippen molar-refractivity contribution in [1.29, 1.82) is 0 Å². The molecule has 2 nitrogen and oxygen atoms in total. The number of phenols is 1. The number of benzene rings is 1. The topological polar surface area (TPSA) is 23.5 Å². The summed E-state index contributed by atoms with van der Waals surface area (Å²) in [5, 5.41) is 9.61. The summed E-state index contributed by atoms with van der Waals surface area (Å²) in [4.78, 5) is 2.58. The molecule has 1 aliphatic rings. The first kappa shape index (κ1) is 16.3. The summed E-state index contributed by atoms with van der Waals surface area (Å²) in [7, 11) is 0. The first-order valence-electron chi connectivity index (χ1n) is 7.22. The SMILES string of the molecule is CCC(c1cccc(O)c1)C(C)CN1CCCC1.Cl. The van der Waals surface area contributed by atoms with E-state index in [9.17, 15) is 5.11 Å². The second kappa shape index (κ2) is 7.76. The molecular weight excluding hydrogens is 258 g/mol. The third-order valence-corrected chi connectivity index (χ3v) is 4.17. The average Bonchev–Trinajstić information content (AvgIpc) is 2.83. The van der Waals surface area contributed by atoms with Crippen LogP contribution in [-0.2, 0) is 0 Å². The maximum absolute atomic E-state index is 9.61. The van der Waals surface area contributed by atoms with Crippen molar-refractivity contribution in [2.45, 2.75) is 39.0 Å². The van der Waals surface area contributed by atoms with Crippen LogP contribution in [0, 0.1) is 5.92 Å². The lowest BCUT2D eigenvalue weighted by Gasteiger charge is -2.27. The van der Waals surface area contributed by atoms with Crippen LogP contribution in [0.1, 0.15) is 44.6 Å². The molecule has 1 aromatic carbocycles. The van der Waals surface area contributed by atoms with Crippen molar-refractivity contribution >= 4 is 12.4 Å². The second-order valence-corrected chi connectivity index (χ2v) is 5.59. The van der Waals surface area contributed by atoms with Gasteiger partial charge in [0.2, 0.25) is 0 Å². The second-order valence-electron chi connectivity index (χ2n) is 5.59. The van der Waals surface area contributed by atoms with Gasteiger partial charge in [-0.2, -0.15) is 0 Å². The highest BCUT2D eigenvalue weighted by atomic mass is 35.5. The van der Waals surface area contributed by atoms with Crippen LogP contribution in [0.5, 0.6) is 5.75 Å². The molecule has 2 atom stereocenters. The zero-order chi connectivity index (χ0) is 13.0. The Kier molecular flexibility index (Phi) is 6.67. The van der Waals surface area contributed by atoms with Gasteiger partial charge in [-0.15, -0.1) is 12.4 Å². The fourth-order valence-corrected chi connectivity index (χ4v) is 3.22. The number of likely N-dealkylation sites (tertiary alicyclic amines) is 1. The predicted molar refractivity (Wildman–Crippen MR) is 83.2 cm³/mol. The first-order valence-corrected chi connectivity index (χ1v) is 7.22. The molecule has 0 aromatic heterocycles. The fourth-order valence-electron chi connectivity index (χ4n) is 3.22. The molecule has 0 spiro atoms. The third kappa shape index (κ3) is 4.39. The number of rotatable bonds is 5. The summed E-state index contributed by atoms with van der Waals surface area (Å²) in [6.07, 6.45) is 3.85. The molecule has 1 N–H and O–H groups in total. The lowest BCUT2D eigenvalue weighted by molar-refractivity contribution is 0.261. The normalized spacial score (nSPS) is 18.8. The number of phenolic OH excluding ortho intramolecular Hbond substituents is 1. The van der Waals surface area contributed by atoms with Crippen LogP contribution in [-0.4, -0.2) is 29.6 Å². The number of aromatic hydroxyl groups is 1. The summed E-state index contributed by atoms with van der Waals surface area (Å²) in [6, 6.07) is 7.78. The molecule has 1 aliphatic heterocycles. The Hall–Kier alpha value is -0.730. The van der Waals surface area contributed by atoms with Gasteiger partial charge in [0.05, 0.1) is 0 Å². The Labute approximate surface area is 123 Å². The van der Waals surface area contributed by atoms with Crippen LogP contribution in [0.25, 0.3) is 0 Å². The van der Waals surface area contributed by atoms with E-state index >= 15 is 0 Å². The van der Waals surface area contributed by atoms with Crippen LogP contribution < -0.4 is 0 Å². The van der Waals surface area contributed by atoms with E-state index in [2.05, 4.69) is 24.8 Å². The Morgan fingerprint density at radius 3 is 2.53 bits per heavy atom. The van der Waals surface area contributed by atoms with Gasteiger partial charge in [0.1, 0.15) is 5.75 Å². The standard InChI is InChI=1S/C16H25NO.ClH/c1-3-16(14-7-6-8-15(18)11-14)13(2)12-17-9-4-5-10-17;/h6-8,11,13,16,18H,3-5,9-10,12H2,1-2H3;1H. The zero-order valence-corrected chi connectivity index (χ0v) is 12.8. The van der Waals surface area contributed by atoms with Crippen molar-refractivity contribution in [3.05, 3.63) is 29.8 Å². The number of hydrogen-bond donors (Lipinski definition) is 1. The highest BCUT2D eigenvalue weighted by molar-refractivity contribution is 5.85. The van der Waals surface area contributed by atoms with Crippen molar-refractivity contribution in [2.24, 2.45) is 5.92 Å². The van der Waals surface area contributed by atoms with E-state index < -0.39 is 0 Å². The van der Waals surface area contributed by atoms with Gasteiger partial charge in [-0.1, -0.05) is 26.0 Å². The molecule has 0 aliphatic carbocycles. The van der Waals surface area contributed by atoms with Gasteiger partial charge in [0.15, 0.2) is 0 Å². The van der Waals surface area contributed by atoms with Gasteiger partial charge < -0.3 is 10.0 Å². The molecule has 1 heterocycles. The van der Waals surface area contributed by atoms with Crippen LogP contribution in [0.4, 0.5) is 0 Å². The Balaban J connectivity index is 0.00000180. The minimum absolute atomic E-state index is 0. The molecule has 108 valence electrons. The molecule has 0 bridgehead atoms. The maximum atomic E-state index is 9.61. The summed E-state index contributed by atoms with van der Waals surface area (Å²) in [5.41, 5.74) is 1.28. The van der Waals surface area contributed by atoms with Gasteiger partial charge in [0.25, 0.3) is 0 Å². The molecule has 2 unspecified atom stereocenters. The lowest BCUT2D eigenvalue weighted by Crippen LogP contribution is -2.28. The van der Waals surface area contributed by atoms with E-state index in [0.717, 1.165) is 6.42 Å². The number of hydrogen-bond acceptors (Lipinski definition) is 2. The molecule has 0 amide bonds. The Bertz CT molecular complexity index is 377. The number of nitrogens with zero attached hydrogens (tertiary/aromatic N) is 1. The molecule has 0 saturated carbocycles. The van der Waals surface area contributed by atoms with E-state index in [1.807, 2.05) is 12.1 Å². The van der Waals surface area contributed by atoms with Crippen molar-refractivity contribution in [1.82, 2.24) is 4.90 Å². The van der Waals surface area contributed by atoms with Crippen molar-refractivity contribution in [2.75, 3.05) is 19.6 Å². The van der Waals surface area contributed by atoms with Gasteiger partial charge in [-0.25, -0.2) is 0 Å². The van der Waals surface area contributed by atoms with Crippen molar-refractivity contribution in [3.63, 3.8) is 0 Å². The van der Waals surface area contributed by atoms with Crippen LogP contribution >= 0.6 is 12.4 Å². The third-order valence-electron chi connectivity index (χ3n) is 4.17. The van der Waals surface area contributed by atoms with Gasteiger partial charge in [0, 0.05) is 6.54 Å². The molecule has 19 heavy (non-hydrogen) atoms. The van der Waals surface area contributed by atoms with E-state index in [4.69, 9.17) is 0 Å². The largest absolute Gasteiger partial charge is 0.508 e. The molecule has 1 aromatic rings. The van der Waals surface area contributed by atoms with Crippen LogP contribution in [0.3, 0.4) is 0 Å². The highest BCUT2D eigenvalue weighted by Gasteiger charge is 2.22. The van der Waals surface area contributed by atoms with E-state index in [0.29, 0.717) is 17.6 Å². The first-order chi connectivity index (χ1) is 8.70. The van der Waals surface area contributed by atoms with Crippen LogP contribution in [0.15, 0.2) is 24.3 Å². The predicted octanol–water partition coefficient (Wildman–Crippen LogP) is 4.04. The lowest BCUT2D eigenvalue weighted by atomic mass is 9.85. The molecule has 1 fully saturated rings. The van der Waals surface area contributed by atoms with Gasteiger partial charge in [-0.3, -0.25) is 0 Å². The van der Waals surface area contributed by atoms with E-state index in [1.165, 1.54) is 38.0 Å². The van der Waals surface area contributed by atoms with E-state index in [-0.39, 0.29) is 12.4 Å². The van der Waals surface area contributed by atoms with Crippen molar-refractivity contribution < 1.29 is 5.11 Å². The fraction of sp³-hybridized carbons (Fsp3) is 0.625. The van der Waals surface area contributed by atoms with Gasteiger partial charge >= 0.3 is 0 Å². The monoisotopic (exact) mass is 283 g/mol. The smallest absolute Gasteiger partial charge is 0.115 e. The zero-order valence-electron chi connectivity index (χ0n) is 12.0. The van der Waals surface area contributed by atoms with Crippen LogP contribution in [0.2, 0.25) is 0 Å². The van der Waals surface area contributed by atoms with E-state index in [1.54, 1.807) is 6.07 Å². The Morgan fingerprint density at radius 2 is 1.95 bits per heavy atom. The summed E-state index contributed by atoms with van der Waals surface area (Å²) < 4.78 is 0. The minimum Gasteiger partial charge on any atom is -0.508 e. The summed E-state index contributed by atoms with van der Waals surface area (Å²) in [6.45, 7) is 8.31. The summed E-state index contributed by atoms with van der Waals surface area (Å²) >= 11 is 0. The minimum atomic E-state index is 0. The molecular formula is C16H26ClNO. The highest BCUT2D eigenvalue weighted by Crippen LogP contribution is 2.31. The molecule has 2 rings (SSSR count). The average molecular weight is 284 g/mol. The molecule has 3 heteroatoms. The summed E-state index contributed by atoms with van der Waals surface area (Å²) in [5.74, 6) is 1.59. The van der Waals surface area contributed by atoms with Gasteiger partial charge in [-0.05, 0) is 61.9 Å². The quantitative estimate of drug-likeness (QED) is 0.882.